The summed E-state index contributed by atoms with van der Waals surface area (Å²) in [5.74, 6) is 0.859. The predicted octanol–water partition coefficient (Wildman–Crippen LogP) is 1.40. The molecule has 6 heteroatoms. The van der Waals surface area contributed by atoms with Crippen molar-refractivity contribution in [2.75, 3.05) is 44.0 Å². The van der Waals surface area contributed by atoms with Crippen molar-refractivity contribution in [2.45, 2.75) is 13.0 Å². The molecule has 1 fully saturated rings. The Hall–Kier alpha value is -1.82. The number of urea groups is 1. The molecule has 19 heavy (non-hydrogen) atoms. The van der Waals surface area contributed by atoms with Crippen molar-refractivity contribution in [1.29, 1.82) is 0 Å². The Morgan fingerprint density at radius 2 is 2.32 bits per heavy atom. The fourth-order valence-corrected chi connectivity index (χ4v) is 1.93. The molecule has 1 aliphatic rings. The summed E-state index contributed by atoms with van der Waals surface area (Å²) in [6.45, 7) is 3.80. The molecule has 2 amide bonds. The summed E-state index contributed by atoms with van der Waals surface area (Å²) in [6.07, 6.45) is 1.76. The monoisotopic (exact) mass is 264 g/mol. The lowest BCUT2D eigenvalue weighted by atomic mass is 10.3. The Labute approximate surface area is 113 Å². The zero-order valence-electron chi connectivity index (χ0n) is 11.6. The van der Waals surface area contributed by atoms with E-state index in [1.54, 1.807) is 11.1 Å². The number of hydrogen-bond acceptors (Lipinski definition) is 4. The highest BCUT2D eigenvalue weighted by Gasteiger charge is 2.21. The van der Waals surface area contributed by atoms with Crippen LogP contribution in [0.3, 0.4) is 0 Å². The summed E-state index contributed by atoms with van der Waals surface area (Å²) < 4.78 is 5.41. The second kappa shape index (κ2) is 5.88. The molecule has 1 saturated heterocycles. The number of ether oxygens (including phenoxy) is 1. The van der Waals surface area contributed by atoms with Gasteiger partial charge in [-0.25, -0.2) is 9.78 Å². The Balaban J connectivity index is 1.94. The topological polar surface area (TPSA) is 57.7 Å². The van der Waals surface area contributed by atoms with E-state index in [1.807, 2.05) is 38.1 Å². The maximum absolute atomic E-state index is 12.1. The molecule has 0 radical (unpaired) electrons. The molecular weight excluding hydrogens is 244 g/mol. The van der Waals surface area contributed by atoms with Gasteiger partial charge in [-0.2, -0.15) is 0 Å². The molecule has 6 nitrogen and oxygen atoms in total. The fourth-order valence-electron chi connectivity index (χ4n) is 1.93. The molecule has 0 aromatic carbocycles. The van der Waals surface area contributed by atoms with Crippen molar-refractivity contribution in [3.8, 4) is 0 Å². The van der Waals surface area contributed by atoms with Crippen molar-refractivity contribution in [3.63, 3.8) is 0 Å². The van der Waals surface area contributed by atoms with E-state index in [2.05, 4.69) is 10.3 Å². The highest BCUT2D eigenvalue weighted by Crippen LogP contribution is 2.13. The number of pyridine rings is 1. The van der Waals surface area contributed by atoms with Gasteiger partial charge in [0, 0.05) is 27.2 Å². The SMILES string of the molecule is CC1CN(C(=O)Nc2ccc(N(C)C)nc2)CCO1. The molecule has 1 atom stereocenters. The van der Waals surface area contributed by atoms with E-state index in [-0.39, 0.29) is 12.1 Å². The van der Waals surface area contributed by atoms with Crippen LogP contribution in [-0.2, 0) is 4.74 Å². The third kappa shape index (κ3) is 3.57. The second-order valence-corrected chi connectivity index (χ2v) is 4.86. The van der Waals surface area contributed by atoms with Crippen LogP contribution < -0.4 is 10.2 Å². The third-order valence-electron chi connectivity index (χ3n) is 2.99. The number of nitrogens with one attached hydrogen (secondary N) is 1. The molecule has 2 heterocycles. The number of hydrogen-bond donors (Lipinski definition) is 1. The fraction of sp³-hybridized carbons (Fsp3) is 0.538. The number of carbonyl (C=O) groups excluding carboxylic acids is 1. The summed E-state index contributed by atoms with van der Waals surface area (Å²) in [5, 5.41) is 2.85. The first-order chi connectivity index (χ1) is 9.06. The van der Waals surface area contributed by atoms with E-state index >= 15 is 0 Å². The molecule has 0 spiro atoms. The molecule has 1 unspecified atom stereocenters. The minimum atomic E-state index is -0.102. The molecule has 2 rings (SSSR count). The van der Waals surface area contributed by atoms with Gasteiger partial charge < -0.3 is 19.9 Å². The molecule has 1 aromatic heterocycles. The van der Waals surface area contributed by atoms with Crippen molar-refractivity contribution < 1.29 is 9.53 Å². The van der Waals surface area contributed by atoms with Gasteiger partial charge in [-0.1, -0.05) is 0 Å². The van der Waals surface area contributed by atoms with Crippen LogP contribution in [0.1, 0.15) is 6.92 Å². The van der Waals surface area contributed by atoms with Crippen LogP contribution in [0, 0.1) is 0 Å². The van der Waals surface area contributed by atoms with Crippen LogP contribution in [0.5, 0.6) is 0 Å². The smallest absolute Gasteiger partial charge is 0.322 e. The number of nitrogens with zero attached hydrogens (tertiary/aromatic N) is 3. The van der Waals surface area contributed by atoms with Crippen molar-refractivity contribution in [1.82, 2.24) is 9.88 Å². The van der Waals surface area contributed by atoms with Gasteiger partial charge in [0.2, 0.25) is 0 Å². The first kappa shape index (κ1) is 13.6. The lowest BCUT2D eigenvalue weighted by Crippen LogP contribution is -2.46. The highest BCUT2D eigenvalue weighted by molar-refractivity contribution is 5.89. The highest BCUT2D eigenvalue weighted by atomic mass is 16.5. The average molecular weight is 264 g/mol. The number of aromatic nitrogens is 1. The van der Waals surface area contributed by atoms with E-state index in [0.29, 0.717) is 25.4 Å². The standard InChI is InChI=1S/C13H20N4O2/c1-10-9-17(6-7-19-10)13(18)15-11-4-5-12(14-8-11)16(2)3/h4-5,8,10H,6-7,9H2,1-3H3,(H,15,18). The molecular formula is C13H20N4O2. The first-order valence-electron chi connectivity index (χ1n) is 6.37. The van der Waals surface area contributed by atoms with Gasteiger partial charge in [-0.3, -0.25) is 0 Å². The van der Waals surface area contributed by atoms with E-state index in [1.165, 1.54) is 0 Å². The van der Waals surface area contributed by atoms with Gasteiger partial charge in [0.1, 0.15) is 5.82 Å². The number of morpholine rings is 1. The van der Waals surface area contributed by atoms with Gasteiger partial charge in [-0.15, -0.1) is 0 Å². The molecule has 0 saturated carbocycles. The van der Waals surface area contributed by atoms with Crippen molar-refractivity contribution in [2.24, 2.45) is 0 Å². The predicted molar refractivity (Wildman–Crippen MR) is 74.6 cm³/mol. The normalized spacial score (nSPS) is 19.1. The number of carbonyl (C=O) groups is 1. The summed E-state index contributed by atoms with van der Waals surface area (Å²) in [5.41, 5.74) is 0.703. The molecule has 1 N–H and O–H groups in total. The summed E-state index contributed by atoms with van der Waals surface area (Å²) in [7, 11) is 3.85. The van der Waals surface area contributed by atoms with E-state index in [4.69, 9.17) is 4.74 Å². The van der Waals surface area contributed by atoms with Gasteiger partial charge >= 0.3 is 6.03 Å². The van der Waals surface area contributed by atoms with Gasteiger partial charge in [0.25, 0.3) is 0 Å². The van der Waals surface area contributed by atoms with Crippen LogP contribution in [0.25, 0.3) is 0 Å². The Kier molecular flexibility index (Phi) is 4.21. The van der Waals surface area contributed by atoms with E-state index in [0.717, 1.165) is 5.82 Å². The quantitative estimate of drug-likeness (QED) is 0.877. The van der Waals surface area contributed by atoms with Crippen LogP contribution >= 0.6 is 0 Å². The largest absolute Gasteiger partial charge is 0.375 e. The lowest BCUT2D eigenvalue weighted by molar-refractivity contribution is -0.00138. The Morgan fingerprint density at radius 1 is 1.53 bits per heavy atom. The molecule has 1 aliphatic heterocycles. The zero-order chi connectivity index (χ0) is 13.8. The third-order valence-corrected chi connectivity index (χ3v) is 2.99. The number of anilines is 2. The molecule has 104 valence electrons. The van der Waals surface area contributed by atoms with Gasteiger partial charge in [-0.05, 0) is 19.1 Å². The van der Waals surface area contributed by atoms with Crippen LogP contribution in [0.2, 0.25) is 0 Å². The Bertz CT molecular complexity index is 433. The molecule has 0 bridgehead atoms. The van der Waals surface area contributed by atoms with Crippen molar-refractivity contribution >= 4 is 17.5 Å². The molecule has 0 aliphatic carbocycles. The summed E-state index contributed by atoms with van der Waals surface area (Å²) in [6, 6.07) is 3.62. The summed E-state index contributed by atoms with van der Waals surface area (Å²) in [4.78, 5) is 20.0. The minimum Gasteiger partial charge on any atom is -0.375 e. The molecule has 1 aromatic rings. The van der Waals surface area contributed by atoms with Crippen LogP contribution in [0.4, 0.5) is 16.3 Å². The average Bonchev–Trinajstić information content (AvgIpc) is 2.39. The zero-order valence-corrected chi connectivity index (χ0v) is 11.6. The van der Waals surface area contributed by atoms with Crippen LogP contribution in [-0.4, -0.2) is 55.8 Å². The lowest BCUT2D eigenvalue weighted by Gasteiger charge is -2.31. The van der Waals surface area contributed by atoms with Crippen LogP contribution in [0.15, 0.2) is 18.3 Å². The number of rotatable bonds is 2. The summed E-state index contributed by atoms with van der Waals surface area (Å²) >= 11 is 0. The van der Waals surface area contributed by atoms with Crippen molar-refractivity contribution in [3.05, 3.63) is 18.3 Å². The maximum atomic E-state index is 12.1. The Morgan fingerprint density at radius 3 is 2.89 bits per heavy atom. The second-order valence-electron chi connectivity index (χ2n) is 4.86. The minimum absolute atomic E-state index is 0.0914. The van der Waals surface area contributed by atoms with Gasteiger partial charge in [0.05, 0.1) is 24.6 Å². The first-order valence-corrected chi connectivity index (χ1v) is 6.37. The van der Waals surface area contributed by atoms with Gasteiger partial charge in [0.15, 0.2) is 0 Å². The van der Waals surface area contributed by atoms with E-state index < -0.39 is 0 Å². The van der Waals surface area contributed by atoms with E-state index in [9.17, 15) is 4.79 Å². The maximum Gasteiger partial charge on any atom is 0.322 e. The number of amides is 2.